The summed E-state index contributed by atoms with van der Waals surface area (Å²) in [5.41, 5.74) is 4.03. The lowest BCUT2D eigenvalue weighted by molar-refractivity contribution is -0.113. The van der Waals surface area contributed by atoms with E-state index in [1.54, 1.807) is 18.2 Å². The maximum atomic E-state index is 12.1. The first-order chi connectivity index (χ1) is 12.9. The Bertz CT molecular complexity index is 975. The number of aromatic nitrogens is 2. The van der Waals surface area contributed by atoms with Crippen LogP contribution in [0.2, 0.25) is 10.0 Å². The van der Waals surface area contributed by atoms with Gasteiger partial charge in [0.2, 0.25) is 11.8 Å². The monoisotopic (exact) mass is 421 g/mol. The van der Waals surface area contributed by atoms with E-state index < -0.39 is 0 Å². The number of amides is 1. The summed E-state index contributed by atoms with van der Waals surface area (Å²) in [4.78, 5) is 12.1. The van der Waals surface area contributed by atoms with Crippen molar-refractivity contribution in [3.63, 3.8) is 0 Å². The van der Waals surface area contributed by atoms with E-state index in [2.05, 4.69) is 41.5 Å². The number of nitrogens with zero attached hydrogens (tertiary/aromatic N) is 2. The lowest BCUT2D eigenvalue weighted by Crippen LogP contribution is -2.14. The van der Waals surface area contributed by atoms with Crippen LogP contribution in [0.5, 0.6) is 0 Å². The molecular formula is C19H17Cl2N3O2S. The second kappa shape index (κ2) is 8.78. The molecule has 1 heterocycles. The first-order valence-electron chi connectivity index (χ1n) is 8.17. The second-order valence-electron chi connectivity index (χ2n) is 6.02. The predicted molar refractivity (Wildman–Crippen MR) is 109 cm³/mol. The maximum Gasteiger partial charge on any atom is 0.277 e. The minimum absolute atomic E-state index is 0.119. The van der Waals surface area contributed by atoms with Gasteiger partial charge in [0.15, 0.2) is 0 Å². The molecule has 5 nitrogen and oxygen atoms in total. The molecule has 0 fully saturated rings. The van der Waals surface area contributed by atoms with Gasteiger partial charge in [-0.15, -0.1) is 10.2 Å². The molecule has 140 valence electrons. The average molecular weight is 422 g/mol. The van der Waals surface area contributed by atoms with E-state index in [0.717, 1.165) is 5.56 Å². The summed E-state index contributed by atoms with van der Waals surface area (Å²) in [6, 6.07) is 11.1. The quantitative estimate of drug-likeness (QED) is 0.545. The van der Waals surface area contributed by atoms with Gasteiger partial charge in [0.1, 0.15) is 0 Å². The van der Waals surface area contributed by atoms with E-state index in [1.165, 1.54) is 22.9 Å². The SMILES string of the molecule is Cc1ccc(Cc2nnc(SCC(=O)Nc3cc(Cl)ccc3Cl)o2)cc1C. The summed E-state index contributed by atoms with van der Waals surface area (Å²) in [5.74, 6) is 0.394. The number of nitrogens with one attached hydrogen (secondary N) is 1. The summed E-state index contributed by atoms with van der Waals surface area (Å²) in [5, 5.41) is 12.0. The number of carbonyl (C=O) groups excluding carboxylic acids is 1. The highest BCUT2D eigenvalue weighted by Gasteiger charge is 2.12. The summed E-state index contributed by atoms with van der Waals surface area (Å²) in [7, 11) is 0. The molecule has 0 saturated heterocycles. The molecule has 8 heteroatoms. The molecule has 1 amide bonds. The van der Waals surface area contributed by atoms with Crippen LogP contribution >= 0.6 is 35.0 Å². The zero-order valence-corrected chi connectivity index (χ0v) is 17.1. The smallest absolute Gasteiger partial charge is 0.277 e. The van der Waals surface area contributed by atoms with Gasteiger partial charge in [-0.1, -0.05) is 53.2 Å². The van der Waals surface area contributed by atoms with E-state index in [1.807, 2.05) is 6.07 Å². The van der Waals surface area contributed by atoms with Gasteiger partial charge in [-0.3, -0.25) is 4.79 Å². The third-order valence-electron chi connectivity index (χ3n) is 3.90. The Morgan fingerprint density at radius 3 is 2.70 bits per heavy atom. The Morgan fingerprint density at radius 2 is 1.93 bits per heavy atom. The molecular weight excluding hydrogens is 405 g/mol. The fourth-order valence-corrected chi connectivity index (χ4v) is 3.28. The van der Waals surface area contributed by atoms with Gasteiger partial charge in [-0.05, 0) is 48.7 Å². The van der Waals surface area contributed by atoms with Crippen molar-refractivity contribution in [3.8, 4) is 0 Å². The largest absolute Gasteiger partial charge is 0.416 e. The van der Waals surface area contributed by atoms with E-state index in [4.69, 9.17) is 27.6 Å². The van der Waals surface area contributed by atoms with Crippen molar-refractivity contribution in [2.75, 3.05) is 11.1 Å². The molecule has 2 aromatic carbocycles. The number of thioether (sulfide) groups is 1. The Hall–Kier alpha value is -2.02. The Balaban J connectivity index is 1.55. The molecule has 0 aliphatic rings. The fraction of sp³-hybridized carbons (Fsp3) is 0.211. The molecule has 0 spiro atoms. The number of aryl methyl sites for hydroxylation is 2. The Kier molecular flexibility index (Phi) is 6.42. The number of halogens is 2. The van der Waals surface area contributed by atoms with Crippen LogP contribution in [0.4, 0.5) is 5.69 Å². The maximum absolute atomic E-state index is 12.1. The summed E-state index contributed by atoms with van der Waals surface area (Å²) in [6.45, 7) is 4.14. The third kappa shape index (κ3) is 5.48. The van der Waals surface area contributed by atoms with Gasteiger partial charge in [0.25, 0.3) is 5.22 Å². The molecule has 0 unspecified atom stereocenters. The molecule has 27 heavy (non-hydrogen) atoms. The first kappa shape index (κ1) is 19.7. The van der Waals surface area contributed by atoms with Crippen LogP contribution in [-0.2, 0) is 11.2 Å². The van der Waals surface area contributed by atoms with Crippen LogP contribution in [-0.4, -0.2) is 21.9 Å². The molecule has 1 N–H and O–H groups in total. The van der Waals surface area contributed by atoms with Gasteiger partial charge >= 0.3 is 0 Å². The van der Waals surface area contributed by atoms with Crippen LogP contribution in [0, 0.1) is 13.8 Å². The van der Waals surface area contributed by atoms with Crippen molar-refractivity contribution in [1.29, 1.82) is 0 Å². The molecule has 3 rings (SSSR count). The highest BCUT2D eigenvalue weighted by Crippen LogP contribution is 2.26. The van der Waals surface area contributed by atoms with Gasteiger partial charge in [0.05, 0.1) is 22.9 Å². The van der Waals surface area contributed by atoms with Crippen molar-refractivity contribution < 1.29 is 9.21 Å². The Morgan fingerprint density at radius 1 is 1.11 bits per heavy atom. The minimum Gasteiger partial charge on any atom is -0.416 e. The van der Waals surface area contributed by atoms with Crippen molar-refractivity contribution in [3.05, 3.63) is 69.0 Å². The average Bonchev–Trinajstić information content (AvgIpc) is 3.07. The summed E-state index contributed by atoms with van der Waals surface area (Å²) in [6.07, 6.45) is 0.555. The topological polar surface area (TPSA) is 68.0 Å². The molecule has 0 atom stereocenters. The molecule has 0 radical (unpaired) electrons. The minimum atomic E-state index is -0.238. The second-order valence-corrected chi connectivity index (χ2v) is 7.79. The Labute approximate surface area is 171 Å². The van der Waals surface area contributed by atoms with Crippen molar-refractivity contribution >= 4 is 46.6 Å². The zero-order valence-electron chi connectivity index (χ0n) is 14.8. The summed E-state index contributed by atoms with van der Waals surface area (Å²) < 4.78 is 5.61. The molecule has 3 aromatic rings. The van der Waals surface area contributed by atoms with Crippen LogP contribution in [0.3, 0.4) is 0 Å². The normalized spacial score (nSPS) is 10.8. The van der Waals surface area contributed by atoms with E-state index in [9.17, 15) is 4.79 Å². The van der Waals surface area contributed by atoms with E-state index in [-0.39, 0.29) is 11.7 Å². The lowest BCUT2D eigenvalue weighted by atomic mass is 10.0. The van der Waals surface area contributed by atoms with Gasteiger partial charge in [0, 0.05) is 5.02 Å². The zero-order chi connectivity index (χ0) is 19.4. The fourth-order valence-electron chi connectivity index (χ4n) is 2.36. The molecule has 0 bridgehead atoms. The van der Waals surface area contributed by atoms with Crippen LogP contribution < -0.4 is 5.32 Å². The summed E-state index contributed by atoms with van der Waals surface area (Å²) >= 11 is 13.1. The van der Waals surface area contributed by atoms with Gasteiger partial charge < -0.3 is 9.73 Å². The number of hydrogen-bond donors (Lipinski definition) is 1. The highest BCUT2D eigenvalue weighted by atomic mass is 35.5. The van der Waals surface area contributed by atoms with E-state index in [0.29, 0.717) is 33.3 Å². The predicted octanol–water partition coefficient (Wildman–Crippen LogP) is 5.31. The third-order valence-corrected chi connectivity index (χ3v) is 5.29. The molecule has 1 aromatic heterocycles. The molecule has 0 saturated carbocycles. The number of rotatable bonds is 6. The van der Waals surface area contributed by atoms with Crippen molar-refractivity contribution in [1.82, 2.24) is 10.2 Å². The molecule has 0 aliphatic heterocycles. The standard InChI is InChI=1S/C19H17Cl2N3O2S/c1-11-3-4-13(7-12(11)2)8-18-23-24-19(26-18)27-10-17(25)22-16-9-14(20)5-6-15(16)21/h3-7,9H,8,10H2,1-2H3,(H,22,25). The lowest BCUT2D eigenvalue weighted by Gasteiger charge is -2.06. The molecule has 0 aliphatic carbocycles. The number of benzene rings is 2. The first-order valence-corrected chi connectivity index (χ1v) is 9.91. The van der Waals surface area contributed by atoms with Gasteiger partial charge in [-0.25, -0.2) is 0 Å². The van der Waals surface area contributed by atoms with Gasteiger partial charge in [-0.2, -0.15) is 0 Å². The highest BCUT2D eigenvalue weighted by molar-refractivity contribution is 7.99. The van der Waals surface area contributed by atoms with Crippen LogP contribution in [0.15, 0.2) is 46.0 Å². The van der Waals surface area contributed by atoms with Crippen LogP contribution in [0.25, 0.3) is 0 Å². The number of carbonyl (C=O) groups is 1. The number of anilines is 1. The van der Waals surface area contributed by atoms with Crippen LogP contribution in [0.1, 0.15) is 22.6 Å². The van der Waals surface area contributed by atoms with E-state index >= 15 is 0 Å². The van der Waals surface area contributed by atoms with Crippen molar-refractivity contribution in [2.45, 2.75) is 25.5 Å². The van der Waals surface area contributed by atoms with Crippen molar-refractivity contribution in [2.24, 2.45) is 0 Å². The number of hydrogen-bond acceptors (Lipinski definition) is 5.